The van der Waals surface area contributed by atoms with E-state index < -0.39 is 16.1 Å². The number of hydrogen-bond donors (Lipinski definition) is 1. The Kier molecular flexibility index (Phi) is 11.0. The summed E-state index contributed by atoms with van der Waals surface area (Å²) < 4.78 is 26.0. The van der Waals surface area contributed by atoms with Gasteiger partial charge in [0.05, 0.1) is 11.9 Å². The summed E-state index contributed by atoms with van der Waals surface area (Å²) in [6.45, 7) is 6.75. The molecule has 0 aliphatic rings. The number of amides is 2. The zero-order valence-electron chi connectivity index (χ0n) is 21.0. The summed E-state index contributed by atoms with van der Waals surface area (Å²) >= 11 is 6.04. The number of rotatable bonds is 13. The van der Waals surface area contributed by atoms with Crippen LogP contribution >= 0.6 is 11.6 Å². The van der Waals surface area contributed by atoms with Crippen molar-refractivity contribution in [2.45, 2.75) is 59.0 Å². The van der Waals surface area contributed by atoms with Gasteiger partial charge >= 0.3 is 0 Å². The molecular formula is C26H36ClN3O4S. The Morgan fingerprint density at radius 3 is 2.37 bits per heavy atom. The van der Waals surface area contributed by atoms with Crippen molar-refractivity contribution in [2.24, 2.45) is 0 Å². The number of anilines is 1. The van der Waals surface area contributed by atoms with Gasteiger partial charge in [-0.15, -0.1) is 0 Å². The van der Waals surface area contributed by atoms with Gasteiger partial charge in [-0.05, 0) is 50.5 Å². The lowest BCUT2D eigenvalue weighted by Crippen LogP contribution is -2.48. The molecule has 7 nitrogen and oxygen atoms in total. The van der Waals surface area contributed by atoms with Gasteiger partial charge in [-0.1, -0.05) is 60.8 Å². The van der Waals surface area contributed by atoms with Crippen LogP contribution in [0.4, 0.5) is 5.69 Å². The van der Waals surface area contributed by atoms with E-state index in [-0.39, 0.29) is 24.8 Å². The van der Waals surface area contributed by atoms with Crippen molar-refractivity contribution in [1.29, 1.82) is 0 Å². The first-order valence-corrected chi connectivity index (χ1v) is 14.1. The van der Waals surface area contributed by atoms with Crippen LogP contribution in [0.5, 0.6) is 0 Å². The molecule has 2 aromatic rings. The Balaban J connectivity index is 2.13. The lowest BCUT2D eigenvalue weighted by atomic mass is 10.1. The van der Waals surface area contributed by atoms with E-state index in [1.807, 2.05) is 38.1 Å². The first kappa shape index (κ1) is 28.7. The van der Waals surface area contributed by atoms with Crippen LogP contribution < -0.4 is 9.62 Å². The van der Waals surface area contributed by atoms with Crippen LogP contribution in [0.25, 0.3) is 0 Å². The third-order valence-electron chi connectivity index (χ3n) is 5.72. The Morgan fingerprint density at radius 2 is 1.77 bits per heavy atom. The zero-order chi connectivity index (χ0) is 26.0. The van der Waals surface area contributed by atoms with E-state index in [0.29, 0.717) is 30.2 Å². The monoisotopic (exact) mass is 521 g/mol. The molecule has 1 N–H and O–H groups in total. The second-order valence-electron chi connectivity index (χ2n) is 8.75. The number of nitrogens with zero attached hydrogens (tertiary/aromatic N) is 2. The Morgan fingerprint density at radius 1 is 1.09 bits per heavy atom. The van der Waals surface area contributed by atoms with Crippen LogP contribution in [-0.4, -0.2) is 50.5 Å². The molecule has 2 aromatic carbocycles. The number of sulfonamides is 1. The smallest absolute Gasteiger partial charge is 0.242 e. The molecule has 0 unspecified atom stereocenters. The summed E-state index contributed by atoms with van der Waals surface area (Å²) in [5.74, 6) is -0.404. The number of halogens is 1. The highest BCUT2D eigenvalue weighted by Gasteiger charge is 2.26. The number of hydrogen-bond acceptors (Lipinski definition) is 4. The maximum atomic E-state index is 13.3. The first-order valence-electron chi connectivity index (χ1n) is 11.9. The van der Waals surface area contributed by atoms with Crippen LogP contribution in [0.1, 0.15) is 50.7 Å². The van der Waals surface area contributed by atoms with Crippen LogP contribution in [-0.2, 0) is 26.2 Å². The molecule has 0 aliphatic heterocycles. The van der Waals surface area contributed by atoms with E-state index >= 15 is 0 Å². The average molecular weight is 522 g/mol. The molecule has 0 aliphatic carbocycles. The Labute approximate surface area is 214 Å². The maximum absolute atomic E-state index is 13.3. The minimum absolute atomic E-state index is 0.102. The Hall–Kier alpha value is -2.58. The third kappa shape index (κ3) is 9.18. The summed E-state index contributed by atoms with van der Waals surface area (Å²) in [5, 5.41) is 3.33. The molecule has 0 bridgehead atoms. The van der Waals surface area contributed by atoms with Gasteiger partial charge < -0.3 is 10.2 Å². The van der Waals surface area contributed by atoms with Crippen LogP contribution in [0, 0.1) is 6.92 Å². The third-order valence-corrected chi connectivity index (χ3v) is 7.15. The van der Waals surface area contributed by atoms with E-state index in [9.17, 15) is 18.0 Å². The van der Waals surface area contributed by atoms with Crippen molar-refractivity contribution in [2.75, 3.05) is 23.7 Å². The molecule has 0 spiro atoms. The highest BCUT2D eigenvalue weighted by atomic mass is 35.5. The minimum Gasteiger partial charge on any atom is -0.354 e. The quantitative estimate of drug-likeness (QED) is 0.392. The van der Waals surface area contributed by atoms with Crippen molar-refractivity contribution in [3.05, 3.63) is 64.7 Å². The summed E-state index contributed by atoms with van der Waals surface area (Å²) in [6, 6.07) is 13.8. The van der Waals surface area contributed by atoms with E-state index in [0.717, 1.165) is 30.2 Å². The Bertz CT molecular complexity index is 1090. The SMILES string of the molecule is CCCCNC(=O)[C@H](C)N(Cc1ccc(C)cc1)C(=O)CCCN(c1cccc(Cl)c1)S(C)(=O)=O. The van der Waals surface area contributed by atoms with Gasteiger partial charge in [0.1, 0.15) is 6.04 Å². The fraction of sp³-hybridized carbons (Fsp3) is 0.462. The summed E-state index contributed by atoms with van der Waals surface area (Å²) in [7, 11) is -3.56. The predicted octanol–water partition coefficient (Wildman–Crippen LogP) is 4.53. The van der Waals surface area contributed by atoms with Gasteiger partial charge in [-0.25, -0.2) is 8.42 Å². The van der Waals surface area contributed by atoms with Crippen LogP contribution in [0.15, 0.2) is 48.5 Å². The molecule has 35 heavy (non-hydrogen) atoms. The van der Waals surface area contributed by atoms with Gasteiger partial charge in [-0.3, -0.25) is 13.9 Å². The standard InChI is InChI=1S/C26H36ClN3O4S/c1-5-6-16-28-26(32)21(3)29(19-22-14-12-20(2)13-15-22)25(31)11-8-17-30(35(4,33)34)24-10-7-9-23(27)18-24/h7,9-10,12-15,18,21H,5-6,8,11,16-17,19H2,1-4H3,(H,28,32)/t21-/m0/s1. The molecule has 2 amide bonds. The maximum Gasteiger partial charge on any atom is 0.242 e. The van der Waals surface area contributed by atoms with E-state index in [1.165, 1.54) is 4.31 Å². The minimum atomic E-state index is -3.56. The van der Waals surface area contributed by atoms with Gasteiger partial charge in [0.15, 0.2) is 0 Å². The van der Waals surface area contributed by atoms with E-state index in [4.69, 9.17) is 11.6 Å². The van der Waals surface area contributed by atoms with E-state index in [1.54, 1.807) is 36.1 Å². The number of aryl methyl sites for hydroxylation is 1. The summed E-state index contributed by atoms with van der Waals surface area (Å²) in [6.07, 6.45) is 3.36. The van der Waals surface area contributed by atoms with Crippen molar-refractivity contribution >= 4 is 39.1 Å². The number of nitrogens with one attached hydrogen (secondary N) is 1. The molecule has 0 aromatic heterocycles. The summed E-state index contributed by atoms with van der Waals surface area (Å²) in [4.78, 5) is 27.6. The molecule has 0 saturated heterocycles. The molecule has 2 rings (SSSR count). The number of carbonyl (C=O) groups is 2. The normalized spacial score (nSPS) is 12.1. The van der Waals surface area contributed by atoms with Crippen molar-refractivity contribution in [3.63, 3.8) is 0 Å². The fourth-order valence-electron chi connectivity index (χ4n) is 3.64. The second kappa shape index (κ2) is 13.5. The van der Waals surface area contributed by atoms with Crippen molar-refractivity contribution in [3.8, 4) is 0 Å². The van der Waals surface area contributed by atoms with Crippen molar-refractivity contribution in [1.82, 2.24) is 10.2 Å². The average Bonchev–Trinajstić information content (AvgIpc) is 2.80. The number of carbonyl (C=O) groups excluding carboxylic acids is 2. The molecular weight excluding hydrogens is 486 g/mol. The number of unbranched alkanes of at least 4 members (excludes halogenated alkanes) is 1. The molecule has 192 valence electrons. The van der Waals surface area contributed by atoms with Crippen LogP contribution in [0.3, 0.4) is 0 Å². The highest BCUT2D eigenvalue weighted by molar-refractivity contribution is 7.92. The molecule has 1 atom stereocenters. The van der Waals surface area contributed by atoms with Gasteiger partial charge in [0.25, 0.3) is 0 Å². The zero-order valence-corrected chi connectivity index (χ0v) is 22.5. The van der Waals surface area contributed by atoms with E-state index in [2.05, 4.69) is 5.32 Å². The topological polar surface area (TPSA) is 86.8 Å². The lowest BCUT2D eigenvalue weighted by Gasteiger charge is -2.29. The van der Waals surface area contributed by atoms with Gasteiger partial charge in [0.2, 0.25) is 21.8 Å². The lowest BCUT2D eigenvalue weighted by molar-refractivity contribution is -0.140. The van der Waals surface area contributed by atoms with Crippen LogP contribution in [0.2, 0.25) is 5.02 Å². The molecule has 0 fully saturated rings. The summed E-state index contributed by atoms with van der Waals surface area (Å²) in [5.41, 5.74) is 2.49. The largest absolute Gasteiger partial charge is 0.354 e. The molecule has 0 radical (unpaired) electrons. The first-order chi connectivity index (χ1) is 16.5. The van der Waals surface area contributed by atoms with Gasteiger partial charge in [0, 0.05) is 31.1 Å². The fourth-order valence-corrected chi connectivity index (χ4v) is 4.79. The molecule has 0 saturated carbocycles. The molecule has 9 heteroatoms. The second-order valence-corrected chi connectivity index (χ2v) is 11.1. The van der Waals surface area contributed by atoms with Gasteiger partial charge in [-0.2, -0.15) is 0 Å². The highest BCUT2D eigenvalue weighted by Crippen LogP contribution is 2.22. The predicted molar refractivity (Wildman–Crippen MR) is 142 cm³/mol. The number of benzene rings is 2. The molecule has 0 heterocycles. The van der Waals surface area contributed by atoms with Crippen molar-refractivity contribution < 1.29 is 18.0 Å².